The second-order valence-electron chi connectivity index (χ2n) is 6.03. The number of amides is 2. The van der Waals surface area contributed by atoms with Crippen molar-refractivity contribution >= 4 is 11.7 Å². The lowest BCUT2D eigenvalue weighted by molar-refractivity contribution is 0.141. The molecule has 1 aromatic carbocycles. The van der Waals surface area contributed by atoms with E-state index in [1.165, 1.54) is 0 Å². The number of anilines is 1. The van der Waals surface area contributed by atoms with Crippen LogP contribution in [0, 0.1) is 0 Å². The summed E-state index contributed by atoms with van der Waals surface area (Å²) in [7, 11) is 0. The van der Waals surface area contributed by atoms with Crippen LogP contribution in [0.3, 0.4) is 0 Å². The maximum Gasteiger partial charge on any atom is 0.322 e. The molecule has 4 nitrogen and oxygen atoms in total. The fourth-order valence-electron chi connectivity index (χ4n) is 3.02. The molecule has 0 bridgehead atoms. The molecule has 0 aromatic heterocycles. The maximum atomic E-state index is 12.6. The SMILES string of the molecule is CC(C)c1ccccc1NC(=O)N1CCCCC1CCO. The first-order valence-corrected chi connectivity index (χ1v) is 7.91. The molecule has 0 saturated carbocycles. The molecule has 4 heteroatoms. The van der Waals surface area contributed by atoms with Gasteiger partial charge in [0.25, 0.3) is 0 Å². The Bertz CT molecular complexity index is 472. The van der Waals surface area contributed by atoms with Gasteiger partial charge in [0.15, 0.2) is 0 Å². The summed E-state index contributed by atoms with van der Waals surface area (Å²) in [5.74, 6) is 0.371. The Morgan fingerprint density at radius 1 is 1.38 bits per heavy atom. The second kappa shape index (κ2) is 7.46. The molecule has 1 aliphatic heterocycles. The van der Waals surface area contributed by atoms with Crippen molar-refractivity contribution in [2.75, 3.05) is 18.5 Å². The Kier molecular flexibility index (Phi) is 5.62. The van der Waals surface area contributed by atoms with Crippen LogP contribution in [0.5, 0.6) is 0 Å². The number of urea groups is 1. The lowest BCUT2D eigenvalue weighted by atomic mass is 9.99. The zero-order valence-electron chi connectivity index (χ0n) is 13.0. The van der Waals surface area contributed by atoms with Crippen molar-refractivity contribution in [1.29, 1.82) is 0 Å². The van der Waals surface area contributed by atoms with E-state index in [2.05, 4.69) is 25.2 Å². The van der Waals surface area contributed by atoms with E-state index in [1.807, 2.05) is 23.1 Å². The van der Waals surface area contributed by atoms with Gasteiger partial charge >= 0.3 is 6.03 Å². The number of carbonyl (C=O) groups excluding carboxylic acids is 1. The van der Waals surface area contributed by atoms with Crippen LogP contribution in [0.2, 0.25) is 0 Å². The van der Waals surface area contributed by atoms with Crippen molar-refractivity contribution in [1.82, 2.24) is 4.90 Å². The number of para-hydroxylation sites is 1. The standard InChI is InChI=1S/C17H26N2O2/c1-13(2)15-8-3-4-9-16(15)18-17(21)19-11-6-5-7-14(19)10-12-20/h3-4,8-9,13-14,20H,5-7,10-12H2,1-2H3,(H,18,21). The van der Waals surface area contributed by atoms with Gasteiger partial charge < -0.3 is 15.3 Å². The van der Waals surface area contributed by atoms with E-state index in [0.29, 0.717) is 12.3 Å². The number of likely N-dealkylation sites (tertiary alicyclic amines) is 1. The van der Waals surface area contributed by atoms with Gasteiger partial charge in [0.2, 0.25) is 0 Å². The van der Waals surface area contributed by atoms with Gasteiger partial charge in [-0.15, -0.1) is 0 Å². The highest BCUT2D eigenvalue weighted by Gasteiger charge is 2.26. The Hall–Kier alpha value is -1.55. The summed E-state index contributed by atoms with van der Waals surface area (Å²) in [5, 5.41) is 12.2. The molecule has 0 spiro atoms. The Morgan fingerprint density at radius 2 is 2.14 bits per heavy atom. The van der Waals surface area contributed by atoms with Gasteiger partial charge in [-0.2, -0.15) is 0 Å². The van der Waals surface area contributed by atoms with E-state index in [0.717, 1.165) is 37.1 Å². The molecule has 21 heavy (non-hydrogen) atoms. The van der Waals surface area contributed by atoms with Gasteiger partial charge in [-0.1, -0.05) is 32.0 Å². The summed E-state index contributed by atoms with van der Waals surface area (Å²) in [6, 6.07) is 8.08. The fourth-order valence-corrected chi connectivity index (χ4v) is 3.02. The number of hydrogen-bond acceptors (Lipinski definition) is 2. The molecular weight excluding hydrogens is 264 g/mol. The van der Waals surface area contributed by atoms with E-state index in [9.17, 15) is 4.79 Å². The van der Waals surface area contributed by atoms with Crippen LogP contribution < -0.4 is 5.32 Å². The summed E-state index contributed by atoms with van der Waals surface area (Å²) in [6.07, 6.45) is 3.83. The number of aliphatic hydroxyl groups excluding tert-OH is 1. The molecule has 2 rings (SSSR count). The number of hydrogen-bond donors (Lipinski definition) is 2. The van der Waals surface area contributed by atoms with Crippen molar-refractivity contribution in [2.45, 2.75) is 51.5 Å². The van der Waals surface area contributed by atoms with E-state index in [1.54, 1.807) is 0 Å². The minimum Gasteiger partial charge on any atom is -0.396 e. The lowest BCUT2D eigenvalue weighted by Gasteiger charge is -2.35. The molecule has 1 fully saturated rings. The molecule has 1 atom stereocenters. The molecule has 0 radical (unpaired) electrons. The van der Waals surface area contributed by atoms with Crippen LogP contribution in [0.1, 0.15) is 51.0 Å². The van der Waals surface area contributed by atoms with Crippen LogP contribution in [-0.2, 0) is 0 Å². The molecule has 116 valence electrons. The number of nitrogens with zero attached hydrogens (tertiary/aromatic N) is 1. The monoisotopic (exact) mass is 290 g/mol. The first kappa shape index (κ1) is 15.8. The third kappa shape index (κ3) is 3.97. The van der Waals surface area contributed by atoms with E-state index in [-0.39, 0.29) is 18.7 Å². The molecule has 0 aliphatic carbocycles. The summed E-state index contributed by atoms with van der Waals surface area (Å²) in [6.45, 7) is 5.16. The number of rotatable bonds is 4. The molecule has 2 amide bonds. The van der Waals surface area contributed by atoms with Crippen LogP contribution in [0.25, 0.3) is 0 Å². The highest BCUT2D eigenvalue weighted by Crippen LogP contribution is 2.25. The van der Waals surface area contributed by atoms with Gasteiger partial charge in [-0.3, -0.25) is 0 Å². The third-order valence-corrected chi connectivity index (χ3v) is 4.17. The second-order valence-corrected chi connectivity index (χ2v) is 6.03. The van der Waals surface area contributed by atoms with Gasteiger partial charge in [-0.05, 0) is 43.2 Å². The predicted molar refractivity (Wildman–Crippen MR) is 85.6 cm³/mol. The quantitative estimate of drug-likeness (QED) is 0.890. The molecule has 1 aromatic rings. The fraction of sp³-hybridized carbons (Fsp3) is 0.588. The lowest BCUT2D eigenvalue weighted by Crippen LogP contribution is -2.46. The van der Waals surface area contributed by atoms with Crippen molar-refractivity contribution in [2.24, 2.45) is 0 Å². The maximum absolute atomic E-state index is 12.6. The zero-order chi connectivity index (χ0) is 15.2. The average molecular weight is 290 g/mol. The summed E-state index contributed by atoms with van der Waals surface area (Å²) in [4.78, 5) is 14.4. The normalized spacial score (nSPS) is 18.9. The molecule has 1 unspecified atom stereocenters. The van der Waals surface area contributed by atoms with Crippen LogP contribution in [0.4, 0.5) is 10.5 Å². The van der Waals surface area contributed by atoms with Gasteiger partial charge in [0.1, 0.15) is 0 Å². The first-order chi connectivity index (χ1) is 10.1. The molecule has 1 heterocycles. The highest BCUT2D eigenvalue weighted by molar-refractivity contribution is 5.90. The smallest absolute Gasteiger partial charge is 0.322 e. The average Bonchev–Trinajstić information content (AvgIpc) is 2.48. The van der Waals surface area contributed by atoms with Gasteiger partial charge in [0, 0.05) is 24.9 Å². The van der Waals surface area contributed by atoms with Crippen LogP contribution in [-0.4, -0.2) is 35.2 Å². The van der Waals surface area contributed by atoms with E-state index >= 15 is 0 Å². The number of nitrogens with one attached hydrogen (secondary N) is 1. The number of benzene rings is 1. The first-order valence-electron chi connectivity index (χ1n) is 7.91. The number of carbonyl (C=O) groups is 1. The zero-order valence-corrected chi connectivity index (χ0v) is 13.0. The third-order valence-electron chi connectivity index (χ3n) is 4.17. The summed E-state index contributed by atoms with van der Waals surface area (Å²) >= 11 is 0. The summed E-state index contributed by atoms with van der Waals surface area (Å²) < 4.78 is 0. The van der Waals surface area contributed by atoms with Crippen molar-refractivity contribution in [3.8, 4) is 0 Å². The largest absolute Gasteiger partial charge is 0.396 e. The van der Waals surface area contributed by atoms with Crippen molar-refractivity contribution in [3.63, 3.8) is 0 Å². The van der Waals surface area contributed by atoms with Gasteiger partial charge in [0.05, 0.1) is 0 Å². The van der Waals surface area contributed by atoms with Crippen molar-refractivity contribution < 1.29 is 9.90 Å². The molecule has 1 saturated heterocycles. The number of piperidine rings is 1. The minimum atomic E-state index is -0.0405. The van der Waals surface area contributed by atoms with Crippen LogP contribution >= 0.6 is 0 Å². The molecular formula is C17H26N2O2. The summed E-state index contributed by atoms with van der Waals surface area (Å²) in [5.41, 5.74) is 2.05. The molecule has 2 N–H and O–H groups in total. The van der Waals surface area contributed by atoms with E-state index < -0.39 is 0 Å². The highest BCUT2D eigenvalue weighted by atomic mass is 16.3. The van der Waals surface area contributed by atoms with Crippen LogP contribution in [0.15, 0.2) is 24.3 Å². The Labute approximate surface area is 127 Å². The topological polar surface area (TPSA) is 52.6 Å². The van der Waals surface area contributed by atoms with E-state index in [4.69, 9.17) is 5.11 Å². The van der Waals surface area contributed by atoms with Crippen molar-refractivity contribution in [3.05, 3.63) is 29.8 Å². The van der Waals surface area contributed by atoms with Gasteiger partial charge in [-0.25, -0.2) is 4.79 Å². The predicted octanol–water partition coefficient (Wildman–Crippen LogP) is 3.58. The minimum absolute atomic E-state index is 0.0405. The Morgan fingerprint density at radius 3 is 2.86 bits per heavy atom. The number of aliphatic hydroxyl groups is 1. The molecule has 1 aliphatic rings. The Balaban J connectivity index is 2.09.